The number of carbonyl (C=O) groups is 1. The van der Waals surface area contributed by atoms with Crippen LogP contribution in [0.3, 0.4) is 0 Å². The second-order valence-electron chi connectivity index (χ2n) is 10.9. The van der Waals surface area contributed by atoms with Gasteiger partial charge in [0, 0.05) is 49.6 Å². The van der Waals surface area contributed by atoms with Crippen molar-refractivity contribution in [1.29, 1.82) is 0 Å². The molecule has 2 fully saturated rings. The van der Waals surface area contributed by atoms with Crippen LogP contribution in [-0.4, -0.2) is 62.5 Å². The lowest BCUT2D eigenvalue weighted by molar-refractivity contribution is -0.274. The molecule has 2 atom stereocenters. The third kappa shape index (κ3) is 5.75. The van der Waals surface area contributed by atoms with E-state index in [0.29, 0.717) is 24.0 Å². The second kappa shape index (κ2) is 9.58. The zero-order chi connectivity index (χ0) is 28.2. The molecule has 0 saturated carbocycles. The topological polar surface area (TPSA) is 89.0 Å². The average Bonchev–Trinajstić information content (AvgIpc) is 3.41. The molecule has 5 rings (SSSR count). The normalized spacial score (nSPS) is 19.8. The SMILES string of the molecule is CC(C)(C)OC(=O)N1CC2CN(c3cccc4cc(S(=O)(=O)c5cccc(OC(F)(F)F)c5)cnc34)CC2C1. The maximum Gasteiger partial charge on any atom is 0.573 e. The molecule has 0 radical (unpaired) electrons. The van der Waals surface area contributed by atoms with Gasteiger partial charge in [0.1, 0.15) is 11.4 Å². The first-order valence-electron chi connectivity index (χ1n) is 12.4. The number of benzene rings is 2. The number of nitrogens with zero attached hydrogens (tertiary/aromatic N) is 3. The number of hydrogen-bond donors (Lipinski definition) is 0. The summed E-state index contributed by atoms with van der Waals surface area (Å²) in [5, 5.41) is 0.587. The molecule has 0 bridgehead atoms. The lowest BCUT2D eigenvalue weighted by Gasteiger charge is -2.26. The van der Waals surface area contributed by atoms with E-state index >= 15 is 0 Å². The molecule has 8 nitrogen and oxygen atoms in total. The molecule has 3 heterocycles. The Morgan fingerprint density at radius 3 is 2.26 bits per heavy atom. The molecule has 12 heteroatoms. The summed E-state index contributed by atoms with van der Waals surface area (Å²) in [7, 11) is -4.15. The van der Waals surface area contributed by atoms with Crippen molar-refractivity contribution in [2.45, 2.75) is 42.5 Å². The van der Waals surface area contributed by atoms with Crippen molar-refractivity contribution in [3.63, 3.8) is 0 Å². The van der Waals surface area contributed by atoms with E-state index in [1.165, 1.54) is 24.4 Å². The van der Waals surface area contributed by atoms with Crippen molar-refractivity contribution >= 4 is 32.5 Å². The fourth-order valence-electron chi connectivity index (χ4n) is 5.17. The number of anilines is 1. The van der Waals surface area contributed by atoms with Crippen molar-refractivity contribution in [3.8, 4) is 5.75 Å². The number of alkyl halides is 3. The Morgan fingerprint density at radius 2 is 1.62 bits per heavy atom. The third-order valence-electron chi connectivity index (χ3n) is 6.80. The summed E-state index contributed by atoms with van der Waals surface area (Å²) < 4.78 is 73.6. The van der Waals surface area contributed by atoms with Gasteiger partial charge in [0.25, 0.3) is 0 Å². The highest BCUT2D eigenvalue weighted by Gasteiger charge is 2.43. The summed E-state index contributed by atoms with van der Waals surface area (Å²) in [6, 6.07) is 11.2. The number of para-hydroxylation sites is 1. The Labute approximate surface area is 224 Å². The van der Waals surface area contributed by atoms with Crippen molar-refractivity contribution in [2.24, 2.45) is 11.8 Å². The molecule has 2 aliphatic rings. The number of aromatic nitrogens is 1. The average molecular weight is 564 g/mol. The standard InChI is InChI=1S/C27H28F3N3O5S/c1-26(2,3)38-25(34)33-15-18-13-32(14-19(18)16-33)23-9-4-6-17-10-22(12-31-24(17)23)39(35,36)21-8-5-7-20(11-21)37-27(28,29)30/h4-12,18-19H,13-16H2,1-3H3. The number of hydrogen-bond acceptors (Lipinski definition) is 7. The molecule has 0 spiro atoms. The minimum Gasteiger partial charge on any atom is -0.444 e. The van der Waals surface area contributed by atoms with Crippen molar-refractivity contribution in [3.05, 3.63) is 54.7 Å². The van der Waals surface area contributed by atoms with Crippen LogP contribution >= 0.6 is 0 Å². The molecule has 2 aliphatic heterocycles. The third-order valence-corrected chi connectivity index (χ3v) is 8.52. The van der Waals surface area contributed by atoms with Crippen LogP contribution in [0.1, 0.15) is 20.8 Å². The fourth-order valence-corrected chi connectivity index (χ4v) is 6.44. The van der Waals surface area contributed by atoms with Gasteiger partial charge in [0.2, 0.25) is 9.84 Å². The smallest absolute Gasteiger partial charge is 0.444 e. The van der Waals surface area contributed by atoms with Crippen molar-refractivity contribution < 1.29 is 35.9 Å². The molecule has 1 aromatic heterocycles. The van der Waals surface area contributed by atoms with Crippen LogP contribution in [0, 0.1) is 11.8 Å². The lowest BCUT2D eigenvalue weighted by Crippen LogP contribution is -2.37. The van der Waals surface area contributed by atoms with Crippen LogP contribution in [0.5, 0.6) is 5.75 Å². The summed E-state index contributed by atoms with van der Waals surface area (Å²) in [6.45, 7) is 8.17. The largest absolute Gasteiger partial charge is 0.573 e. The summed E-state index contributed by atoms with van der Waals surface area (Å²) >= 11 is 0. The summed E-state index contributed by atoms with van der Waals surface area (Å²) in [4.78, 5) is 20.4. The second-order valence-corrected chi connectivity index (χ2v) is 12.8. The molecule has 2 unspecified atom stereocenters. The highest BCUT2D eigenvalue weighted by Crippen LogP contribution is 2.37. The fraction of sp³-hybridized carbons (Fsp3) is 0.407. The molecule has 2 saturated heterocycles. The van der Waals surface area contributed by atoms with Gasteiger partial charge in [0.15, 0.2) is 0 Å². The predicted octanol–water partition coefficient (Wildman–Crippen LogP) is 5.27. The Hall–Kier alpha value is -3.54. The Kier molecular flexibility index (Phi) is 6.64. The van der Waals surface area contributed by atoms with Gasteiger partial charge in [-0.05, 0) is 51.1 Å². The van der Waals surface area contributed by atoms with E-state index < -0.39 is 27.6 Å². The van der Waals surface area contributed by atoms with E-state index in [0.717, 1.165) is 30.9 Å². The van der Waals surface area contributed by atoms with Crippen LogP contribution in [0.2, 0.25) is 0 Å². The molecule has 3 aromatic rings. The summed E-state index contributed by atoms with van der Waals surface area (Å²) in [5.74, 6) is -0.0679. The monoisotopic (exact) mass is 563 g/mol. The number of halogens is 3. The number of ether oxygens (including phenoxy) is 2. The van der Waals surface area contributed by atoms with Crippen LogP contribution in [0.15, 0.2) is 64.5 Å². The molecule has 2 aromatic carbocycles. The molecule has 39 heavy (non-hydrogen) atoms. The zero-order valence-electron chi connectivity index (χ0n) is 21.6. The van der Waals surface area contributed by atoms with E-state index in [9.17, 15) is 26.4 Å². The quantitative estimate of drug-likeness (QED) is 0.427. The van der Waals surface area contributed by atoms with Crippen molar-refractivity contribution in [1.82, 2.24) is 9.88 Å². The number of likely N-dealkylation sites (tertiary alicyclic amines) is 1. The number of sulfone groups is 1. The van der Waals surface area contributed by atoms with Gasteiger partial charge in [0.05, 0.1) is 21.0 Å². The molecule has 208 valence electrons. The van der Waals surface area contributed by atoms with Crippen LogP contribution in [-0.2, 0) is 14.6 Å². The van der Waals surface area contributed by atoms with Gasteiger partial charge in [-0.25, -0.2) is 13.2 Å². The minimum atomic E-state index is -4.94. The van der Waals surface area contributed by atoms with Gasteiger partial charge in [-0.15, -0.1) is 13.2 Å². The minimum absolute atomic E-state index is 0.136. The van der Waals surface area contributed by atoms with E-state index in [2.05, 4.69) is 14.6 Å². The predicted molar refractivity (Wildman–Crippen MR) is 137 cm³/mol. The van der Waals surface area contributed by atoms with Gasteiger partial charge in [-0.1, -0.05) is 18.2 Å². The summed E-state index contributed by atoms with van der Waals surface area (Å²) in [6.07, 6.45) is -4.02. The molecular formula is C27H28F3N3O5S. The summed E-state index contributed by atoms with van der Waals surface area (Å²) in [5.41, 5.74) is 0.923. The zero-order valence-corrected chi connectivity index (χ0v) is 22.4. The number of rotatable bonds is 4. The van der Waals surface area contributed by atoms with Gasteiger partial charge < -0.3 is 19.3 Å². The maximum atomic E-state index is 13.2. The number of amides is 1. The molecule has 0 N–H and O–H groups in total. The van der Waals surface area contributed by atoms with Gasteiger partial charge in [-0.2, -0.15) is 0 Å². The first-order valence-corrected chi connectivity index (χ1v) is 13.9. The first kappa shape index (κ1) is 27.0. The Bertz CT molecular complexity index is 1510. The Balaban J connectivity index is 1.35. The number of fused-ring (bicyclic) bond motifs is 2. The van der Waals surface area contributed by atoms with E-state index in [-0.39, 0.29) is 27.7 Å². The Morgan fingerprint density at radius 1 is 0.949 bits per heavy atom. The van der Waals surface area contributed by atoms with Gasteiger partial charge >= 0.3 is 12.5 Å². The van der Waals surface area contributed by atoms with Crippen molar-refractivity contribution in [2.75, 3.05) is 31.1 Å². The van der Waals surface area contributed by atoms with E-state index in [1.807, 2.05) is 32.9 Å². The highest BCUT2D eigenvalue weighted by molar-refractivity contribution is 7.91. The highest BCUT2D eigenvalue weighted by atomic mass is 32.2. The maximum absolute atomic E-state index is 13.2. The lowest BCUT2D eigenvalue weighted by atomic mass is 10.0. The first-order chi connectivity index (χ1) is 18.2. The van der Waals surface area contributed by atoms with Crippen LogP contribution < -0.4 is 9.64 Å². The van der Waals surface area contributed by atoms with Gasteiger partial charge in [-0.3, -0.25) is 4.98 Å². The number of pyridine rings is 1. The van der Waals surface area contributed by atoms with Crippen LogP contribution in [0.25, 0.3) is 10.9 Å². The molecular weight excluding hydrogens is 535 g/mol. The van der Waals surface area contributed by atoms with E-state index in [4.69, 9.17) is 4.74 Å². The molecule has 1 amide bonds. The van der Waals surface area contributed by atoms with Crippen LogP contribution in [0.4, 0.5) is 23.7 Å². The van der Waals surface area contributed by atoms with E-state index in [1.54, 1.807) is 11.0 Å². The molecule has 0 aliphatic carbocycles. The number of carbonyl (C=O) groups excluding carboxylic acids is 1.